The van der Waals surface area contributed by atoms with Crippen LogP contribution in [-0.4, -0.2) is 41.2 Å². The number of carbonyl (C=O) groups excluding carboxylic acids is 4. The van der Waals surface area contributed by atoms with Gasteiger partial charge in [0.1, 0.15) is 6.04 Å². The van der Waals surface area contributed by atoms with Crippen LogP contribution in [0.5, 0.6) is 0 Å². The molecule has 0 aromatic heterocycles. The summed E-state index contributed by atoms with van der Waals surface area (Å²) in [7, 11) is 0. The Hall–Kier alpha value is -1.93. The van der Waals surface area contributed by atoms with Crippen LogP contribution in [0, 0.1) is 23.7 Å². The minimum Gasteiger partial charge on any atom is -0.454 e. The zero-order valence-electron chi connectivity index (χ0n) is 15.7. The fraction of sp³-hybridized carbons (Fsp3) is 0.500. The third kappa shape index (κ3) is 3.57. The molecule has 0 unspecified atom stereocenters. The molecule has 0 radical (unpaired) electrons. The number of imide groups is 1. The van der Waals surface area contributed by atoms with Crippen molar-refractivity contribution < 1.29 is 23.9 Å². The lowest BCUT2D eigenvalue weighted by molar-refractivity contribution is -0.159. The van der Waals surface area contributed by atoms with Crippen molar-refractivity contribution in [1.29, 1.82) is 0 Å². The van der Waals surface area contributed by atoms with Gasteiger partial charge in [0.05, 0.1) is 16.9 Å². The van der Waals surface area contributed by atoms with Gasteiger partial charge in [0.15, 0.2) is 6.61 Å². The number of nitrogens with zero attached hydrogens (tertiary/aromatic N) is 1. The molecule has 3 aliphatic rings. The van der Waals surface area contributed by atoms with Crippen LogP contribution in [0.4, 0.5) is 5.69 Å². The molecule has 4 rings (SSSR count). The summed E-state index contributed by atoms with van der Waals surface area (Å²) in [6.45, 7) is 0.943. The summed E-state index contributed by atoms with van der Waals surface area (Å²) in [5.41, 5.74) is 0.459. The molecular weight excluding hydrogens is 464 g/mol. The number of anilines is 1. The molecule has 5 atom stereocenters. The molecule has 1 N–H and O–H groups in total. The molecule has 9 heteroatoms. The molecule has 1 aromatic rings. The Bertz CT molecular complexity index is 879. The second-order valence-corrected chi connectivity index (χ2v) is 9.15. The van der Waals surface area contributed by atoms with E-state index in [1.54, 1.807) is 18.2 Å². The van der Waals surface area contributed by atoms with Crippen molar-refractivity contribution in [3.8, 4) is 0 Å². The van der Waals surface area contributed by atoms with Gasteiger partial charge < -0.3 is 10.1 Å². The highest BCUT2D eigenvalue weighted by molar-refractivity contribution is 9.10. The van der Waals surface area contributed by atoms with Crippen molar-refractivity contribution in [1.82, 2.24) is 4.90 Å². The number of ether oxygens (including phenoxy) is 1. The average Bonchev–Trinajstić information content (AvgIpc) is 3.36. The number of hydrogen-bond donors (Lipinski definition) is 1. The minimum atomic E-state index is -1.05. The molecule has 7 nitrogen and oxygen atoms in total. The predicted octanol–water partition coefficient (Wildman–Crippen LogP) is 3.00. The number of hydrogen-bond acceptors (Lipinski definition) is 5. The summed E-state index contributed by atoms with van der Waals surface area (Å²) in [5.74, 6) is -1.95. The summed E-state index contributed by atoms with van der Waals surface area (Å²) in [6, 6.07) is 3.84. The maximum absolute atomic E-state index is 12.8. The van der Waals surface area contributed by atoms with Crippen molar-refractivity contribution in [2.45, 2.75) is 32.2 Å². The molecule has 154 valence electrons. The number of halogens is 2. The van der Waals surface area contributed by atoms with Gasteiger partial charge in [0.2, 0.25) is 11.8 Å². The first-order valence-electron chi connectivity index (χ1n) is 9.56. The standard InChI is InChI=1S/C20H20BrClN2O5/c1-9(24-18(26)16-10-2-3-11(6-10)17(16)19(24)27)20(28)29-8-15(25)23-12-4-5-13(21)14(22)7-12/h4-5,7,9-11,16-17H,2-3,6,8H2,1H3,(H,23,25)/t9-,10+,11+,16-,17+/m1/s1. The number of esters is 1. The Kier molecular flexibility index (Phi) is 5.42. The highest BCUT2D eigenvalue weighted by Gasteiger charge is 2.62. The van der Waals surface area contributed by atoms with Crippen LogP contribution in [0.1, 0.15) is 26.2 Å². The molecule has 1 heterocycles. The van der Waals surface area contributed by atoms with E-state index in [1.807, 2.05) is 0 Å². The van der Waals surface area contributed by atoms with Crippen LogP contribution in [-0.2, 0) is 23.9 Å². The van der Waals surface area contributed by atoms with Crippen molar-refractivity contribution in [3.63, 3.8) is 0 Å². The fourth-order valence-electron chi connectivity index (χ4n) is 4.95. The van der Waals surface area contributed by atoms with Gasteiger partial charge in [0, 0.05) is 10.2 Å². The number of nitrogens with one attached hydrogen (secondary N) is 1. The number of rotatable bonds is 5. The number of fused-ring (bicyclic) bond motifs is 5. The molecule has 2 aliphatic carbocycles. The lowest BCUT2D eigenvalue weighted by Gasteiger charge is -2.23. The largest absolute Gasteiger partial charge is 0.454 e. The van der Waals surface area contributed by atoms with Crippen LogP contribution in [0.3, 0.4) is 0 Å². The topological polar surface area (TPSA) is 92.8 Å². The van der Waals surface area contributed by atoms with Gasteiger partial charge in [0.25, 0.3) is 5.91 Å². The maximum atomic E-state index is 12.8. The van der Waals surface area contributed by atoms with Crippen molar-refractivity contribution in [2.75, 3.05) is 11.9 Å². The normalized spacial score (nSPS) is 28.4. The SMILES string of the molecule is C[C@H](C(=O)OCC(=O)Nc1ccc(Br)c(Cl)c1)N1C(=O)[C@@H]2[C@H]3CC[C@@H](C3)[C@@H]2C1=O. The molecule has 1 aromatic carbocycles. The van der Waals surface area contributed by atoms with E-state index in [-0.39, 0.29) is 35.5 Å². The Morgan fingerprint density at radius 1 is 1.24 bits per heavy atom. The monoisotopic (exact) mass is 482 g/mol. The molecular formula is C20H20BrClN2O5. The summed E-state index contributed by atoms with van der Waals surface area (Å²) >= 11 is 9.24. The molecule has 0 spiro atoms. The van der Waals surface area contributed by atoms with E-state index in [9.17, 15) is 19.2 Å². The van der Waals surface area contributed by atoms with Crippen LogP contribution >= 0.6 is 27.5 Å². The molecule has 2 saturated carbocycles. The number of benzene rings is 1. The van der Waals surface area contributed by atoms with E-state index in [4.69, 9.17) is 16.3 Å². The quantitative estimate of drug-likeness (QED) is 0.513. The predicted molar refractivity (Wildman–Crippen MR) is 108 cm³/mol. The number of amides is 3. The summed E-state index contributed by atoms with van der Waals surface area (Å²) in [6.07, 6.45) is 2.87. The fourth-order valence-corrected chi connectivity index (χ4v) is 5.37. The van der Waals surface area contributed by atoms with E-state index >= 15 is 0 Å². The lowest BCUT2D eigenvalue weighted by Crippen LogP contribution is -2.45. The number of carbonyl (C=O) groups is 4. The second-order valence-electron chi connectivity index (χ2n) is 7.89. The Morgan fingerprint density at radius 3 is 2.45 bits per heavy atom. The third-order valence-electron chi connectivity index (χ3n) is 6.24. The van der Waals surface area contributed by atoms with Crippen molar-refractivity contribution in [3.05, 3.63) is 27.7 Å². The zero-order chi connectivity index (χ0) is 20.9. The van der Waals surface area contributed by atoms with Crippen molar-refractivity contribution in [2.24, 2.45) is 23.7 Å². The van der Waals surface area contributed by atoms with Gasteiger partial charge in [-0.15, -0.1) is 0 Å². The van der Waals surface area contributed by atoms with Gasteiger partial charge in [-0.1, -0.05) is 11.6 Å². The smallest absolute Gasteiger partial charge is 0.329 e. The van der Waals surface area contributed by atoms with Gasteiger partial charge in [-0.05, 0) is 72.2 Å². The highest BCUT2D eigenvalue weighted by atomic mass is 79.9. The van der Waals surface area contributed by atoms with E-state index in [1.165, 1.54) is 6.92 Å². The second kappa shape index (κ2) is 7.72. The summed E-state index contributed by atoms with van der Waals surface area (Å²) in [5, 5.41) is 3.00. The molecule has 29 heavy (non-hydrogen) atoms. The molecule has 1 aliphatic heterocycles. The van der Waals surface area contributed by atoms with E-state index in [2.05, 4.69) is 21.2 Å². The molecule has 1 saturated heterocycles. The highest BCUT2D eigenvalue weighted by Crippen LogP contribution is 2.56. The average molecular weight is 484 g/mol. The summed E-state index contributed by atoms with van der Waals surface area (Å²) in [4.78, 5) is 51.0. The van der Waals surface area contributed by atoms with Crippen LogP contribution < -0.4 is 5.32 Å². The van der Waals surface area contributed by atoms with Crippen molar-refractivity contribution >= 4 is 56.9 Å². The summed E-state index contributed by atoms with van der Waals surface area (Å²) < 4.78 is 5.74. The first kappa shape index (κ1) is 20.3. The minimum absolute atomic E-state index is 0.248. The van der Waals surface area contributed by atoms with Gasteiger partial charge in [-0.3, -0.25) is 19.3 Å². The third-order valence-corrected chi connectivity index (χ3v) is 7.47. The first-order valence-corrected chi connectivity index (χ1v) is 10.7. The van der Waals surface area contributed by atoms with Gasteiger partial charge in [-0.2, -0.15) is 0 Å². The molecule has 3 amide bonds. The van der Waals surface area contributed by atoms with E-state index in [0.29, 0.717) is 15.2 Å². The van der Waals surface area contributed by atoms with Crippen LogP contribution in [0.15, 0.2) is 22.7 Å². The van der Waals surface area contributed by atoms with Gasteiger partial charge in [-0.25, -0.2) is 4.79 Å². The van der Waals surface area contributed by atoms with Gasteiger partial charge >= 0.3 is 5.97 Å². The molecule has 2 bridgehead atoms. The van der Waals surface area contributed by atoms with E-state index in [0.717, 1.165) is 24.2 Å². The first-order chi connectivity index (χ1) is 13.8. The number of likely N-dealkylation sites (tertiary alicyclic amines) is 1. The Morgan fingerprint density at radius 2 is 1.86 bits per heavy atom. The Labute approximate surface area is 181 Å². The lowest BCUT2D eigenvalue weighted by atomic mass is 9.81. The zero-order valence-corrected chi connectivity index (χ0v) is 18.0. The van der Waals surface area contributed by atoms with E-state index < -0.39 is 24.5 Å². The van der Waals surface area contributed by atoms with Crippen LogP contribution in [0.2, 0.25) is 5.02 Å². The molecule has 3 fully saturated rings. The Balaban J connectivity index is 1.34. The van der Waals surface area contributed by atoms with Crippen LogP contribution in [0.25, 0.3) is 0 Å². The maximum Gasteiger partial charge on any atom is 0.329 e.